The monoisotopic (exact) mass is 719 g/mol. The van der Waals surface area contributed by atoms with Crippen LogP contribution in [0.4, 0.5) is 5.69 Å². The molecule has 0 bridgehead atoms. The van der Waals surface area contributed by atoms with Gasteiger partial charge in [-0.3, -0.25) is 13.9 Å². The van der Waals surface area contributed by atoms with Crippen LogP contribution in [0.25, 0.3) is 0 Å². The third-order valence-corrected chi connectivity index (χ3v) is 9.96. The maximum absolute atomic E-state index is 14.6. The molecule has 246 valence electrons. The average Bonchev–Trinajstić information content (AvgIpc) is 3.09. The lowest BCUT2D eigenvalue weighted by molar-refractivity contribution is -0.140. The van der Waals surface area contributed by atoms with Gasteiger partial charge in [0.15, 0.2) is 11.5 Å². The van der Waals surface area contributed by atoms with E-state index in [0.29, 0.717) is 31.3 Å². The largest absolute Gasteiger partial charge is 0.486 e. The molecule has 1 heterocycles. The van der Waals surface area contributed by atoms with Crippen LogP contribution in [0.15, 0.2) is 112 Å². The summed E-state index contributed by atoms with van der Waals surface area (Å²) in [5, 5.41) is 3.01. The van der Waals surface area contributed by atoms with Gasteiger partial charge in [-0.25, -0.2) is 8.42 Å². The molecule has 1 atom stereocenters. The topological polar surface area (TPSA) is 105 Å². The van der Waals surface area contributed by atoms with Crippen LogP contribution in [0.2, 0.25) is 0 Å². The minimum absolute atomic E-state index is 0.0256. The van der Waals surface area contributed by atoms with Crippen molar-refractivity contribution >= 4 is 43.5 Å². The van der Waals surface area contributed by atoms with Gasteiger partial charge in [-0.1, -0.05) is 90.4 Å². The van der Waals surface area contributed by atoms with Crippen molar-refractivity contribution in [2.45, 2.75) is 37.8 Å². The number of hydrogen-bond donors (Lipinski definition) is 1. The second-order valence-electron chi connectivity index (χ2n) is 11.6. The fraction of sp³-hybridized carbons (Fsp3) is 0.278. The zero-order chi connectivity index (χ0) is 33.4. The molecule has 0 aliphatic carbocycles. The first kappa shape index (κ1) is 34.0. The van der Waals surface area contributed by atoms with Crippen LogP contribution in [-0.2, 0) is 32.6 Å². The Morgan fingerprint density at radius 3 is 2.13 bits per heavy atom. The molecule has 4 aromatic rings. The van der Waals surface area contributed by atoms with E-state index >= 15 is 0 Å². The number of anilines is 1. The quantitative estimate of drug-likeness (QED) is 0.187. The highest BCUT2D eigenvalue weighted by Gasteiger charge is 2.35. The number of rotatable bonds is 13. The highest BCUT2D eigenvalue weighted by Crippen LogP contribution is 2.36. The molecule has 5 rings (SSSR count). The molecule has 0 aromatic heterocycles. The number of nitrogens with one attached hydrogen (secondary N) is 1. The van der Waals surface area contributed by atoms with Crippen LogP contribution in [0.3, 0.4) is 0 Å². The zero-order valence-electron chi connectivity index (χ0n) is 26.3. The van der Waals surface area contributed by atoms with E-state index in [4.69, 9.17) is 9.47 Å². The van der Waals surface area contributed by atoms with Gasteiger partial charge in [0.25, 0.3) is 10.0 Å². The summed E-state index contributed by atoms with van der Waals surface area (Å²) in [4.78, 5) is 30.0. The summed E-state index contributed by atoms with van der Waals surface area (Å²) in [5.41, 5.74) is 1.89. The number of carbonyl (C=O) groups is 2. The molecule has 9 nitrogen and oxygen atoms in total. The molecule has 11 heteroatoms. The number of ether oxygens (including phenoxy) is 2. The number of fused-ring (bicyclic) bond motifs is 1. The maximum atomic E-state index is 14.6. The molecule has 1 unspecified atom stereocenters. The van der Waals surface area contributed by atoms with Gasteiger partial charge in [-0.15, -0.1) is 0 Å². The molecule has 0 spiro atoms. The predicted molar refractivity (Wildman–Crippen MR) is 185 cm³/mol. The number of hydrogen-bond acceptors (Lipinski definition) is 6. The van der Waals surface area contributed by atoms with Crippen LogP contribution in [0, 0.1) is 5.92 Å². The Morgan fingerprint density at radius 1 is 0.830 bits per heavy atom. The lowest BCUT2D eigenvalue weighted by atomic mass is 10.0. The minimum atomic E-state index is -4.23. The molecule has 1 aliphatic rings. The summed E-state index contributed by atoms with van der Waals surface area (Å²) in [5.74, 6) is 0.211. The summed E-state index contributed by atoms with van der Waals surface area (Å²) in [7, 11) is -4.23. The van der Waals surface area contributed by atoms with Crippen LogP contribution >= 0.6 is 15.9 Å². The van der Waals surface area contributed by atoms with Crippen LogP contribution < -0.4 is 19.1 Å². The van der Waals surface area contributed by atoms with Gasteiger partial charge >= 0.3 is 0 Å². The fourth-order valence-electron chi connectivity index (χ4n) is 5.20. The number of amides is 2. The summed E-state index contributed by atoms with van der Waals surface area (Å²) < 4.78 is 41.8. The van der Waals surface area contributed by atoms with Gasteiger partial charge in [0, 0.05) is 30.0 Å². The molecular formula is C36H38BrN3O6S. The first-order chi connectivity index (χ1) is 22.6. The van der Waals surface area contributed by atoms with Crippen LogP contribution in [0.5, 0.6) is 11.5 Å². The number of benzene rings is 4. The van der Waals surface area contributed by atoms with E-state index in [1.54, 1.807) is 36.4 Å². The predicted octanol–water partition coefficient (Wildman–Crippen LogP) is 5.83. The molecule has 0 saturated heterocycles. The zero-order valence-corrected chi connectivity index (χ0v) is 28.7. The lowest BCUT2D eigenvalue weighted by Crippen LogP contribution is -2.53. The van der Waals surface area contributed by atoms with Gasteiger partial charge < -0.3 is 19.7 Å². The molecule has 4 aromatic carbocycles. The summed E-state index contributed by atoms with van der Waals surface area (Å²) in [6, 6.07) is 28.8. The Balaban J connectivity index is 1.57. The number of carbonyl (C=O) groups excluding carboxylic acids is 2. The smallest absolute Gasteiger partial charge is 0.264 e. The van der Waals surface area contributed by atoms with E-state index in [2.05, 4.69) is 21.2 Å². The molecular weight excluding hydrogens is 682 g/mol. The first-order valence-corrected chi connectivity index (χ1v) is 17.7. The Morgan fingerprint density at radius 2 is 1.47 bits per heavy atom. The number of sulfonamides is 1. The van der Waals surface area contributed by atoms with Crippen molar-refractivity contribution in [3.05, 3.63) is 119 Å². The van der Waals surface area contributed by atoms with Gasteiger partial charge in [0.1, 0.15) is 25.8 Å². The molecule has 0 fully saturated rings. The van der Waals surface area contributed by atoms with E-state index in [1.165, 1.54) is 17.0 Å². The molecule has 47 heavy (non-hydrogen) atoms. The lowest BCUT2D eigenvalue weighted by Gasteiger charge is -2.34. The third kappa shape index (κ3) is 8.72. The first-order valence-electron chi connectivity index (χ1n) is 15.4. The average molecular weight is 721 g/mol. The van der Waals surface area contributed by atoms with E-state index in [0.717, 1.165) is 19.9 Å². The SMILES string of the molecule is CC(C)CNC(=O)C(Cc1ccccc1)N(Cc1ccc(Br)cc1)C(=O)CN(c1ccc2c(c1)OCCO2)S(=O)(=O)c1ccccc1. The number of halogens is 1. The van der Waals surface area contributed by atoms with Gasteiger partial charge in [-0.05, 0) is 53.4 Å². The van der Waals surface area contributed by atoms with Crippen LogP contribution in [0.1, 0.15) is 25.0 Å². The van der Waals surface area contributed by atoms with Crippen molar-refractivity contribution in [1.29, 1.82) is 0 Å². The highest BCUT2D eigenvalue weighted by atomic mass is 79.9. The Hall–Kier alpha value is -4.35. The van der Waals surface area contributed by atoms with Gasteiger partial charge in [0.2, 0.25) is 11.8 Å². The van der Waals surface area contributed by atoms with Crippen molar-refractivity contribution in [1.82, 2.24) is 10.2 Å². The van der Waals surface area contributed by atoms with Gasteiger partial charge in [0.05, 0.1) is 10.6 Å². The molecule has 0 saturated carbocycles. The highest BCUT2D eigenvalue weighted by molar-refractivity contribution is 9.10. The second-order valence-corrected chi connectivity index (χ2v) is 14.4. The molecule has 1 aliphatic heterocycles. The van der Waals surface area contributed by atoms with E-state index in [1.807, 2.05) is 68.4 Å². The van der Waals surface area contributed by atoms with E-state index in [9.17, 15) is 18.0 Å². The molecule has 1 N–H and O–H groups in total. The Bertz CT molecular complexity index is 1770. The van der Waals surface area contributed by atoms with E-state index in [-0.39, 0.29) is 35.4 Å². The Kier molecular flexibility index (Phi) is 11.2. The minimum Gasteiger partial charge on any atom is -0.486 e. The third-order valence-electron chi connectivity index (χ3n) is 7.65. The van der Waals surface area contributed by atoms with Crippen molar-refractivity contribution in [2.24, 2.45) is 5.92 Å². The van der Waals surface area contributed by atoms with Crippen molar-refractivity contribution in [3.8, 4) is 11.5 Å². The molecule has 0 radical (unpaired) electrons. The standard InChI is InChI=1S/C36H38BrN3O6S/c1-26(2)23-38-36(42)32(21-27-9-5-3-6-10-27)39(24-28-13-15-29(37)16-14-28)35(41)25-40(47(43,44)31-11-7-4-8-12-31)30-17-18-33-34(22-30)46-20-19-45-33/h3-18,22,26,32H,19-21,23-25H2,1-2H3,(H,38,42). The van der Waals surface area contributed by atoms with Crippen molar-refractivity contribution in [3.63, 3.8) is 0 Å². The van der Waals surface area contributed by atoms with Crippen LogP contribution in [-0.4, -0.2) is 57.5 Å². The van der Waals surface area contributed by atoms with Gasteiger partial charge in [-0.2, -0.15) is 0 Å². The van der Waals surface area contributed by atoms with E-state index < -0.39 is 28.5 Å². The summed E-state index contributed by atoms with van der Waals surface area (Å²) >= 11 is 3.46. The molecule has 2 amide bonds. The summed E-state index contributed by atoms with van der Waals surface area (Å²) in [6.45, 7) is 4.64. The second kappa shape index (κ2) is 15.5. The normalized spacial score (nSPS) is 13.1. The van der Waals surface area contributed by atoms with Crippen molar-refractivity contribution < 1.29 is 27.5 Å². The Labute approximate surface area is 284 Å². The maximum Gasteiger partial charge on any atom is 0.264 e. The number of nitrogens with zero attached hydrogens (tertiary/aromatic N) is 2. The summed E-state index contributed by atoms with van der Waals surface area (Å²) in [6.07, 6.45) is 0.239. The van der Waals surface area contributed by atoms with Crippen molar-refractivity contribution in [2.75, 3.05) is 30.6 Å². The fourth-order valence-corrected chi connectivity index (χ4v) is 6.89.